The van der Waals surface area contributed by atoms with Crippen LogP contribution >= 0.6 is 11.3 Å². The van der Waals surface area contributed by atoms with Crippen LogP contribution in [0.5, 0.6) is 0 Å². The van der Waals surface area contributed by atoms with Crippen LogP contribution in [0, 0.1) is 0 Å². The second-order valence-corrected chi connectivity index (χ2v) is 5.55. The number of carboxylic acids is 1. The molecule has 5 nitrogen and oxygen atoms in total. The van der Waals surface area contributed by atoms with Gasteiger partial charge in [0.05, 0.1) is 11.3 Å². The van der Waals surface area contributed by atoms with Crippen molar-refractivity contribution in [3.63, 3.8) is 0 Å². The number of rotatable bonds is 4. The lowest BCUT2D eigenvalue weighted by molar-refractivity contribution is 0.0697. The molecule has 0 unspecified atom stereocenters. The molecule has 0 atom stereocenters. The highest BCUT2D eigenvalue weighted by molar-refractivity contribution is 7.14. The molecular formula is C14H12N2O3S. The van der Waals surface area contributed by atoms with Gasteiger partial charge in [-0.1, -0.05) is 6.07 Å². The number of nitrogens with one attached hydrogen (secondary N) is 1. The molecule has 0 saturated heterocycles. The van der Waals surface area contributed by atoms with Crippen molar-refractivity contribution in [3.8, 4) is 0 Å². The average Bonchev–Trinajstić information content (AvgIpc) is 3.20. The Morgan fingerprint density at radius 2 is 2.05 bits per heavy atom. The molecule has 20 heavy (non-hydrogen) atoms. The van der Waals surface area contributed by atoms with Gasteiger partial charge in [0.2, 0.25) is 0 Å². The smallest absolute Gasteiger partial charge is 0.335 e. The van der Waals surface area contributed by atoms with E-state index in [2.05, 4.69) is 10.3 Å². The number of benzene rings is 1. The second-order valence-electron chi connectivity index (χ2n) is 4.69. The van der Waals surface area contributed by atoms with Crippen molar-refractivity contribution in [2.45, 2.75) is 18.8 Å². The van der Waals surface area contributed by atoms with Gasteiger partial charge in [-0.25, -0.2) is 9.78 Å². The Morgan fingerprint density at radius 3 is 2.75 bits per heavy atom. The molecule has 1 heterocycles. The number of carbonyl (C=O) groups is 2. The van der Waals surface area contributed by atoms with Crippen molar-refractivity contribution in [1.82, 2.24) is 4.98 Å². The minimum absolute atomic E-state index is 0.0930. The average molecular weight is 288 g/mol. The summed E-state index contributed by atoms with van der Waals surface area (Å²) in [5.74, 6) is -0.845. The fourth-order valence-electron chi connectivity index (χ4n) is 1.87. The van der Waals surface area contributed by atoms with Crippen LogP contribution in [0.3, 0.4) is 0 Å². The molecule has 0 radical (unpaired) electrons. The Kier molecular flexibility index (Phi) is 3.23. The number of aromatic nitrogens is 1. The third-order valence-electron chi connectivity index (χ3n) is 3.11. The first-order valence-electron chi connectivity index (χ1n) is 6.23. The lowest BCUT2D eigenvalue weighted by Gasteiger charge is -2.02. The highest BCUT2D eigenvalue weighted by atomic mass is 32.1. The Labute approximate surface area is 119 Å². The van der Waals surface area contributed by atoms with Crippen LogP contribution < -0.4 is 5.32 Å². The number of thiazole rings is 1. The van der Waals surface area contributed by atoms with Crippen LogP contribution in [-0.4, -0.2) is 22.0 Å². The lowest BCUT2D eigenvalue weighted by atomic mass is 10.1. The fraction of sp³-hybridized carbons (Fsp3) is 0.214. The highest BCUT2D eigenvalue weighted by Gasteiger charge is 2.26. The predicted molar refractivity (Wildman–Crippen MR) is 75.4 cm³/mol. The van der Waals surface area contributed by atoms with Gasteiger partial charge in [-0.3, -0.25) is 10.1 Å². The monoisotopic (exact) mass is 288 g/mol. The van der Waals surface area contributed by atoms with Crippen molar-refractivity contribution in [2.24, 2.45) is 0 Å². The third-order valence-corrected chi connectivity index (χ3v) is 3.89. The van der Waals surface area contributed by atoms with Crippen molar-refractivity contribution in [2.75, 3.05) is 5.32 Å². The summed E-state index contributed by atoms with van der Waals surface area (Å²) in [6.45, 7) is 0. The molecule has 1 aliphatic rings. The van der Waals surface area contributed by atoms with Gasteiger partial charge in [0.1, 0.15) is 0 Å². The minimum Gasteiger partial charge on any atom is -0.478 e. The molecule has 0 bridgehead atoms. The van der Waals surface area contributed by atoms with Gasteiger partial charge in [-0.05, 0) is 31.0 Å². The molecule has 1 fully saturated rings. The zero-order valence-electron chi connectivity index (χ0n) is 10.5. The van der Waals surface area contributed by atoms with E-state index in [4.69, 9.17) is 5.11 Å². The van der Waals surface area contributed by atoms with Gasteiger partial charge < -0.3 is 5.11 Å². The van der Waals surface area contributed by atoms with Gasteiger partial charge >= 0.3 is 5.97 Å². The van der Waals surface area contributed by atoms with Crippen LogP contribution in [0.15, 0.2) is 29.6 Å². The zero-order valence-corrected chi connectivity index (χ0v) is 11.3. The van der Waals surface area contributed by atoms with Gasteiger partial charge in [0.25, 0.3) is 5.91 Å². The Bertz CT molecular complexity index is 677. The van der Waals surface area contributed by atoms with E-state index in [1.54, 1.807) is 12.1 Å². The maximum Gasteiger partial charge on any atom is 0.335 e. The SMILES string of the molecule is O=C(O)c1cccc(C(=O)Nc2nc(C3CC3)cs2)c1. The van der Waals surface area contributed by atoms with Crippen molar-refractivity contribution in [1.29, 1.82) is 0 Å². The third kappa shape index (κ3) is 2.70. The van der Waals surface area contributed by atoms with Crippen LogP contribution in [0.1, 0.15) is 45.2 Å². The summed E-state index contributed by atoms with van der Waals surface area (Å²) in [6.07, 6.45) is 2.33. The Hall–Kier alpha value is -2.21. The number of amides is 1. The molecule has 1 saturated carbocycles. The van der Waals surface area contributed by atoms with Crippen molar-refractivity contribution < 1.29 is 14.7 Å². The summed E-state index contributed by atoms with van der Waals surface area (Å²) < 4.78 is 0. The molecule has 1 aromatic heterocycles. The molecule has 2 aromatic rings. The summed E-state index contributed by atoms with van der Waals surface area (Å²) in [5.41, 5.74) is 1.44. The van der Waals surface area contributed by atoms with E-state index in [-0.39, 0.29) is 11.5 Å². The quantitative estimate of drug-likeness (QED) is 0.906. The molecular weight excluding hydrogens is 276 g/mol. The van der Waals surface area contributed by atoms with E-state index in [0.29, 0.717) is 16.6 Å². The number of aromatic carboxylic acids is 1. The molecule has 1 aromatic carbocycles. The van der Waals surface area contributed by atoms with Gasteiger partial charge in [0, 0.05) is 16.9 Å². The summed E-state index contributed by atoms with van der Waals surface area (Å²) in [6, 6.07) is 5.94. The topological polar surface area (TPSA) is 79.3 Å². The number of nitrogens with zero attached hydrogens (tertiary/aromatic N) is 1. The van der Waals surface area contributed by atoms with Crippen LogP contribution in [0.25, 0.3) is 0 Å². The van der Waals surface area contributed by atoms with E-state index in [1.165, 1.54) is 23.5 Å². The molecule has 1 amide bonds. The number of hydrogen-bond donors (Lipinski definition) is 2. The summed E-state index contributed by atoms with van der Waals surface area (Å²) >= 11 is 1.39. The van der Waals surface area contributed by atoms with Crippen LogP contribution in [0.2, 0.25) is 0 Å². The van der Waals surface area contributed by atoms with Gasteiger partial charge in [-0.2, -0.15) is 0 Å². The summed E-state index contributed by atoms with van der Waals surface area (Å²) in [7, 11) is 0. The van der Waals surface area contributed by atoms with E-state index in [9.17, 15) is 9.59 Å². The maximum atomic E-state index is 12.0. The largest absolute Gasteiger partial charge is 0.478 e. The molecule has 0 aliphatic heterocycles. The predicted octanol–water partition coefficient (Wildman–Crippen LogP) is 2.97. The van der Waals surface area contributed by atoms with Gasteiger partial charge in [0.15, 0.2) is 5.13 Å². The maximum absolute atomic E-state index is 12.0. The summed E-state index contributed by atoms with van der Waals surface area (Å²) in [5, 5.41) is 14.1. The van der Waals surface area contributed by atoms with E-state index in [1.807, 2.05) is 5.38 Å². The molecule has 6 heteroatoms. The second kappa shape index (κ2) is 5.05. The highest BCUT2D eigenvalue weighted by Crippen LogP contribution is 2.40. The summed E-state index contributed by atoms with van der Waals surface area (Å²) in [4.78, 5) is 27.3. The first kappa shape index (κ1) is 12.8. The van der Waals surface area contributed by atoms with E-state index >= 15 is 0 Å². The molecule has 0 spiro atoms. The van der Waals surface area contributed by atoms with Crippen LogP contribution in [-0.2, 0) is 0 Å². The minimum atomic E-state index is -1.05. The van der Waals surface area contributed by atoms with E-state index in [0.717, 1.165) is 18.5 Å². The number of anilines is 1. The van der Waals surface area contributed by atoms with E-state index < -0.39 is 5.97 Å². The first-order valence-corrected chi connectivity index (χ1v) is 7.11. The van der Waals surface area contributed by atoms with Gasteiger partial charge in [-0.15, -0.1) is 11.3 Å². The standard InChI is InChI=1S/C14H12N2O3S/c17-12(9-2-1-3-10(6-9)13(18)19)16-14-15-11(7-20-14)8-4-5-8/h1-3,6-8H,4-5H2,(H,18,19)(H,15,16,17). The van der Waals surface area contributed by atoms with Crippen molar-refractivity contribution >= 4 is 28.3 Å². The number of carbonyl (C=O) groups excluding carboxylic acids is 1. The molecule has 102 valence electrons. The Balaban J connectivity index is 1.74. The first-order chi connectivity index (χ1) is 9.63. The van der Waals surface area contributed by atoms with Crippen LogP contribution in [0.4, 0.5) is 5.13 Å². The fourth-order valence-corrected chi connectivity index (χ4v) is 2.66. The normalized spacial score (nSPS) is 14.0. The zero-order chi connectivity index (χ0) is 14.1. The number of hydrogen-bond acceptors (Lipinski definition) is 4. The number of carboxylic acid groups (broad SMARTS) is 1. The molecule has 2 N–H and O–H groups in total. The lowest BCUT2D eigenvalue weighted by Crippen LogP contribution is -2.12. The molecule has 1 aliphatic carbocycles. The molecule has 3 rings (SSSR count). The van der Waals surface area contributed by atoms with Crippen molar-refractivity contribution in [3.05, 3.63) is 46.5 Å². The Morgan fingerprint density at radius 1 is 1.30 bits per heavy atom.